The van der Waals surface area contributed by atoms with Gasteiger partial charge in [-0.1, -0.05) is 13.8 Å². The van der Waals surface area contributed by atoms with Gasteiger partial charge >= 0.3 is 0 Å². The molecule has 0 aromatic carbocycles. The van der Waals surface area contributed by atoms with E-state index < -0.39 is 0 Å². The van der Waals surface area contributed by atoms with Crippen LogP contribution >= 0.6 is 11.6 Å². The predicted molar refractivity (Wildman–Crippen MR) is 78.8 cm³/mol. The molecule has 0 spiro atoms. The summed E-state index contributed by atoms with van der Waals surface area (Å²) in [6.07, 6.45) is 3.58. The highest BCUT2D eigenvalue weighted by Crippen LogP contribution is 2.38. The Labute approximate surface area is 119 Å². The van der Waals surface area contributed by atoms with E-state index in [2.05, 4.69) is 39.0 Å². The molecule has 0 unspecified atom stereocenters. The number of hydrogen-bond donors (Lipinski definition) is 1. The van der Waals surface area contributed by atoms with Crippen LogP contribution in [0.5, 0.6) is 0 Å². The van der Waals surface area contributed by atoms with Crippen molar-refractivity contribution in [1.82, 2.24) is 15.0 Å². The molecular formula is C13H22ClN5. The third-order valence-corrected chi connectivity index (χ3v) is 4.32. The van der Waals surface area contributed by atoms with Gasteiger partial charge < -0.3 is 10.2 Å². The fourth-order valence-corrected chi connectivity index (χ4v) is 2.81. The van der Waals surface area contributed by atoms with E-state index in [1.54, 1.807) is 0 Å². The summed E-state index contributed by atoms with van der Waals surface area (Å²) in [4.78, 5) is 15.0. The lowest BCUT2D eigenvalue weighted by Crippen LogP contribution is -2.27. The first-order chi connectivity index (χ1) is 9.12. The number of nitrogens with zero attached hydrogens (tertiary/aromatic N) is 4. The van der Waals surface area contributed by atoms with Crippen LogP contribution in [0.15, 0.2) is 0 Å². The molecule has 106 valence electrons. The minimum atomic E-state index is 0.256. The average Bonchev–Trinajstić information content (AvgIpc) is 2.84. The van der Waals surface area contributed by atoms with Gasteiger partial charge in [0, 0.05) is 19.6 Å². The lowest BCUT2D eigenvalue weighted by molar-refractivity contribution is 0.301. The predicted octanol–water partition coefficient (Wildman–Crippen LogP) is 2.97. The smallest absolute Gasteiger partial charge is 0.231 e. The van der Waals surface area contributed by atoms with E-state index in [1.807, 2.05) is 6.92 Å². The Morgan fingerprint density at radius 1 is 1.21 bits per heavy atom. The van der Waals surface area contributed by atoms with Crippen molar-refractivity contribution in [2.45, 2.75) is 40.0 Å². The molecule has 0 radical (unpaired) electrons. The molecule has 0 bridgehead atoms. The van der Waals surface area contributed by atoms with Gasteiger partial charge in [-0.05, 0) is 43.2 Å². The van der Waals surface area contributed by atoms with Gasteiger partial charge in [0.05, 0.1) is 0 Å². The zero-order chi connectivity index (χ0) is 13.9. The fraction of sp³-hybridized carbons (Fsp3) is 0.769. The maximum Gasteiger partial charge on any atom is 0.231 e. The maximum atomic E-state index is 5.97. The fourth-order valence-electron chi connectivity index (χ4n) is 2.65. The summed E-state index contributed by atoms with van der Waals surface area (Å²) in [5, 5.41) is 3.34. The van der Waals surface area contributed by atoms with Crippen LogP contribution in [-0.2, 0) is 0 Å². The molecule has 1 fully saturated rings. The summed E-state index contributed by atoms with van der Waals surface area (Å²) in [5.74, 6) is 1.25. The highest BCUT2D eigenvalue weighted by atomic mass is 35.5. The second-order valence-electron chi connectivity index (χ2n) is 5.14. The van der Waals surface area contributed by atoms with E-state index in [4.69, 9.17) is 11.6 Å². The van der Waals surface area contributed by atoms with Crippen molar-refractivity contribution in [3.8, 4) is 0 Å². The van der Waals surface area contributed by atoms with Gasteiger partial charge in [-0.3, -0.25) is 0 Å². The van der Waals surface area contributed by atoms with Crippen molar-refractivity contribution >= 4 is 23.5 Å². The highest BCUT2D eigenvalue weighted by molar-refractivity contribution is 6.28. The first-order valence-electron chi connectivity index (χ1n) is 7.03. The molecular weight excluding hydrogens is 262 g/mol. The van der Waals surface area contributed by atoms with Crippen LogP contribution in [0.25, 0.3) is 0 Å². The Balaban J connectivity index is 2.19. The third-order valence-electron chi connectivity index (χ3n) is 4.15. The molecule has 0 amide bonds. The molecule has 19 heavy (non-hydrogen) atoms. The largest absolute Gasteiger partial charge is 0.354 e. The van der Waals surface area contributed by atoms with Gasteiger partial charge in [0.15, 0.2) is 0 Å². The molecule has 0 atom stereocenters. The van der Waals surface area contributed by atoms with Crippen LogP contribution in [0.2, 0.25) is 5.28 Å². The lowest BCUT2D eigenvalue weighted by atomic mass is 9.82. The molecule has 2 rings (SSSR count). The normalized spacial score (nSPS) is 17.8. The quantitative estimate of drug-likeness (QED) is 0.900. The zero-order valence-corrected chi connectivity index (χ0v) is 12.7. The van der Waals surface area contributed by atoms with Gasteiger partial charge in [0.25, 0.3) is 0 Å². The second-order valence-corrected chi connectivity index (χ2v) is 5.48. The van der Waals surface area contributed by atoms with Crippen LogP contribution < -0.4 is 10.2 Å². The molecule has 0 saturated carbocycles. The average molecular weight is 284 g/mol. The van der Waals surface area contributed by atoms with E-state index in [0.29, 0.717) is 17.3 Å². The number of halogens is 1. The summed E-state index contributed by atoms with van der Waals surface area (Å²) in [6, 6.07) is 0. The molecule has 0 aliphatic carbocycles. The van der Waals surface area contributed by atoms with Crippen molar-refractivity contribution in [1.29, 1.82) is 0 Å². The van der Waals surface area contributed by atoms with Gasteiger partial charge in [0.1, 0.15) is 0 Å². The zero-order valence-electron chi connectivity index (χ0n) is 11.9. The van der Waals surface area contributed by atoms with E-state index in [9.17, 15) is 0 Å². The van der Waals surface area contributed by atoms with E-state index in [1.165, 1.54) is 19.3 Å². The number of aromatic nitrogens is 3. The van der Waals surface area contributed by atoms with Crippen LogP contribution in [0.4, 0.5) is 11.9 Å². The summed E-state index contributed by atoms with van der Waals surface area (Å²) >= 11 is 5.97. The SMILES string of the molecule is CCNc1nc(Cl)nc(N2CCC(CC)(CC)C2)n1. The standard InChI is InChI=1S/C13H22ClN5/c1-4-13(5-2)7-8-19(9-13)12-17-10(14)16-11(18-12)15-6-3/h4-9H2,1-3H3,(H,15,16,17,18). The van der Waals surface area contributed by atoms with Crippen LogP contribution in [0.1, 0.15) is 40.0 Å². The van der Waals surface area contributed by atoms with Gasteiger partial charge in [-0.25, -0.2) is 0 Å². The van der Waals surface area contributed by atoms with Crippen molar-refractivity contribution in [2.24, 2.45) is 5.41 Å². The number of hydrogen-bond acceptors (Lipinski definition) is 5. The van der Waals surface area contributed by atoms with Crippen molar-refractivity contribution in [2.75, 3.05) is 29.9 Å². The molecule has 1 aromatic heterocycles. The molecule has 5 nitrogen and oxygen atoms in total. The molecule has 1 N–H and O–H groups in total. The Hall–Kier alpha value is -1.10. The minimum Gasteiger partial charge on any atom is -0.354 e. The molecule has 2 heterocycles. The Bertz CT molecular complexity index is 433. The van der Waals surface area contributed by atoms with Crippen molar-refractivity contribution in [3.63, 3.8) is 0 Å². The van der Waals surface area contributed by atoms with Crippen molar-refractivity contribution < 1.29 is 0 Å². The molecule has 1 aromatic rings. The summed E-state index contributed by atoms with van der Waals surface area (Å²) < 4.78 is 0. The van der Waals surface area contributed by atoms with Crippen molar-refractivity contribution in [3.05, 3.63) is 5.28 Å². The lowest BCUT2D eigenvalue weighted by Gasteiger charge is -2.26. The minimum absolute atomic E-state index is 0.256. The van der Waals surface area contributed by atoms with E-state index in [0.717, 1.165) is 19.6 Å². The number of rotatable bonds is 5. The number of anilines is 2. The Morgan fingerprint density at radius 3 is 2.53 bits per heavy atom. The first kappa shape index (κ1) is 14.3. The van der Waals surface area contributed by atoms with E-state index in [-0.39, 0.29) is 5.28 Å². The van der Waals surface area contributed by atoms with Gasteiger partial charge in [-0.2, -0.15) is 15.0 Å². The first-order valence-corrected chi connectivity index (χ1v) is 7.40. The summed E-state index contributed by atoms with van der Waals surface area (Å²) in [7, 11) is 0. The van der Waals surface area contributed by atoms with Gasteiger partial charge in [-0.15, -0.1) is 0 Å². The maximum absolute atomic E-state index is 5.97. The summed E-state index contributed by atoms with van der Waals surface area (Å²) in [6.45, 7) is 9.30. The topological polar surface area (TPSA) is 53.9 Å². The van der Waals surface area contributed by atoms with Gasteiger partial charge in [0.2, 0.25) is 17.2 Å². The molecule has 1 aliphatic rings. The van der Waals surface area contributed by atoms with Crippen LogP contribution in [0, 0.1) is 5.41 Å². The molecule has 6 heteroatoms. The molecule has 1 aliphatic heterocycles. The van der Waals surface area contributed by atoms with Crippen LogP contribution in [-0.4, -0.2) is 34.6 Å². The molecule has 1 saturated heterocycles. The Morgan fingerprint density at radius 2 is 1.95 bits per heavy atom. The monoisotopic (exact) mass is 283 g/mol. The Kier molecular flexibility index (Phi) is 4.45. The number of nitrogens with one attached hydrogen (secondary N) is 1. The van der Waals surface area contributed by atoms with E-state index >= 15 is 0 Å². The highest BCUT2D eigenvalue weighted by Gasteiger charge is 2.36. The third kappa shape index (κ3) is 3.08. The summed E-state index contributed by atoms with van der Waals surface area (Å²) in [5.41, 5.74) is 0.400. The van der Waals surface area contributed by atoms with Crippen LogP contribution in [0.3, 0.4) is 0 Å². The second kappa shape index (κ2) is 5.90.